The molecule has 1 amide bonds. The number of halogens is 5. The van der Waals surface area contributed by atoms with Crippen LogP contribution in [-0.4, -0.2) is 37.6 Å². The Labute approximate surface area is 240 Å². The molecule has 0 spiro atoms. The van der Waals surface area contributed by atoms with Gasteiger partial charge in [-0.2, -0.15) is 13.2 Å². The number of alkyl halides is 3. The Morgan fingerprint density at radius 1 is 1.10 bits per heavy atom. The average Bonchev–Trinajstić information content (AvgIpc) is 2.87. The van der Waals surface area contributed by atoms with E-state index >= 15 is 0 Å². The number of sulfonamides is 1. The number of nitrogens with one attached hydrogen (secondary N) is 1. The molecule has 41 heavy (non-hydrogen) atoms. The van der Waals surface area contributed by atoms with Crippen LogP contribution in [0.5, 0.6) is 0 Å². The average molecular weight is 611 g/mol. The summed E-state index contributed by atoms with van der Waals surface area (Å²) < 4.78 is 83.3. The SMILES string of the molecule is C/C(=C\c1ccc2c(c1)N(S(=O)(=O)c1cccc(C(F)(F)F)c1)C[C@@H](NC(=O)C(C)(C)O)C2)c1c(F)cccc1Cl. The van der Waals surface area contributed by atoms with Crippen molar-refractivity contribution < 1.29 is 35.9 Å². The van der Waals surface area contributed by atoms with Gasteiger partial charge in [-0.3, -0.25) is 9.10 Å². The van der Waals surface area contributed by atoms with E-state index in [1.807, 2.05) is 0 Å². The number of nitrogens with zero attached hydrogens (tertiary/aromatic N) is 1. The summed E-state index contributed by atoms with van der Waals surface area (Å²) in [5.74, 6) is -1.28. The molecule has 3 aromatic carbocycles. The molecule has 0 saturated carbocycles. The van der Waals surface area contributed by atoms with Crippen molar-refractivity contribution in [1.29, 1.82) is 0 Å². The van der Waals surface area contributed by atoms with Crippen LogP contribution in [0.1, 0.15) is 43.0 Å². The Kier molecular flexibility index (Phi) is 8.28. The summed E-state index contributed by atoms with van der Waals surface area (Å²) in [4.78, 5) is 11.9. The molecule has 0 bridgehead atoms. The van der Waals surface area contributed by atoms with Gasteiger partial charge in [-0.05, 0) is 80.3 Å². The van der Waals surface area contributed by atoms with Crippen LogP contribution < -0.4 is 9.62 Å². The fourth-order valence-corrected chi connectivity index (χ4v) is 6.45. The van der Waals surface area contributed by atoms with Crippen LogP contribution in [0.15, 0.2) is 65.6 Å². The first-order chi connectivity index (χ1) is 19.0. The van der Waals surface area contributed by atoms with E-state index in [1.54, 1.807) is 25.1 Å². The van der Waals surface area contributed by atoms with Crippen molar-refractivity contribution in [2.75, 3.05) is 10.8 Å². The second kappa shape index (κ2) is 11.1. The van der Waals surface area contributed by atoms with E-state index < -0.39 is 50.0 Å². The number of hydrogen-bond donors (Lipinski definition) is 2. The molecule has 1 atom stereocenters. The molecule has 0 aromatic heterocycles. The van der Waals surface area contributed by atoms with E-state index in [1.165, 1.54) is 38.1 Å². The van der Waals surface area contributed by atoms with Crippen molar-refractivity contribution in [3.63, 3.8) is 0 Å². The van der Waals surface area contributed by atoms with Gasteiger partial charge in [0.2, 0.25) is 0 Å². The molecule has 218 valence electrons. The summed E-state index contributed by atoms with van der Waals surface area (Å²) in [6.45, 7) is 3.89. The van der Waals surface area contributed by atoms with Gasteiger partial charge >= 0.3 is 6.18 Å². The number of carbonyl (C=O) groups excluding carboxylic acids is 1. The first-order valence-corrected chi connectivity index (χ1v) is 14.3. The molecular weight excluding hydrogens is 584 g/mol. The molecular formula is C29H27ClF4N2O4S. The fraction of sp³-hybridized carbons (Fsp3) is 0.276. The van der Waals surface area contributed by atoms with Gasteiger partial charge < -0.3 is 10.4 Å². The van der Waals surface area contributed by atoms with Gasteiger partial charge in [0.25, 0.3) is 15.9 Å². The molecule has 1 aliphatic rings. The van der Waals surface area contributed by atoms with E-state index in [9.17, 15) is 35.9 Å². The molecule has 4 rings (SSSR count). The number of rotatable bonds is 6. The number of benzene rings is 3. The highest BCUT2D eigenvalue weighted by Crippen LogP contribution is 2.37. The van der Waals surface area contributed by atoms with Crippen LogP contribution in [-0.2, 0) is 27.4 Å². The topological polar surface area (TPSA) is 86.7 Å². The highest BCUT2D eigenvalue weighted by Gasteiger charge is 2.37. The predicted octanol–water partition coefficient (Wildman–Crippen LogP) is 6.07. The van der Waals surface area contributed by atoms with Crippen molar-refractivity contribution in [3.8, 4) is 0 Å². The molecule has 1 aliphatic heterocycles. The molecule has 0 unspecified atom stereocenters. The molecule has 12 heteroatoms. The molecule has 6 nitrogen and oxygen atoms in total. The molecule has 3 aromatic rings. The summed E-state index contributed by atoms with van der Waals surface area (Å²) in [5.41, 5.74) is -1.06. The van der Waals surface area contributed by atoms with Gasteiger partial charge in [-0.1, -0.05) is 41.9 Å². The smallest absolute Gasteiger partial charge is 0.381 e. The van der Waals surface area contributed by atoms with E-state index in [-0.39, 0.29) is 29.2 Å². The van der Waals surface area contributed by atoms with Crippen molar-refractivity contribution >= 4 is 44.9 Å². The van der Waals surface area contributed by atoms with Crippen LogP contribution in [0.4, 0.5) is 23.2 Å². The minimum Gasteiger partial charge on any atom is -0.381 e. The Balaban J connectivity index is 1.82. The van der Waals surface area contributed by atoms with Crippen molar-refractivity contribution in [1.82, 2.24) is 5.32 Å². The largest absolute Gasteiger partial charge is 0.416 e. The number of carbonyl (C=O) groups is 1. The lowest BCUT2D eigenvalue weighted by atomic mass is 9.96. The third kappa shape index (κ3) is 6.58. The van der Waals surface area contributed by atoms with Crippen molar-refractivity contribution in [2.45, 2.75) is 49.9 Å². The summed E-state index contributed by atoms with van der Waals surface area (Å²) in [5, 5.41) is 12.9. The van der Waals surface area contributed by atoms with Crippen molar-refractivity contribution in [2.24, 2.45) is 0 Å². The third-order valence-corrected chi connectivity index (χ3v) is 8.70. The van der Waals surface area contributed by atoms with Crippen LogP contribution in [0.3, 0.4) is 0 Å². The molecule has 0 radical (unpaired) electrons. The lowest BCUT2D eigenvalue weighted by Gasteiger charge is -2.36. The molecule has 0 aliphatic carbocycles. The standard InChI is InChI=1S/C29H27ClF4N2O4S/c1-17(26-23(30)8-5-9-24(26)31)12-18-10-11-19-14-21(35-27(37)28(2,3)38)16-36(25(19)13-18)41(39,40)22-7-4-6-20(15-22)29(32,33)34/h4-13,15,21,38H,14,16H2,1-3H3,(H,35,37)/b17-12+/t21-/m0/s1. The second-order valence-corrected chi connectivity index (χ2v) is 12.6. The maximum atomic E-state index is 14.5. The van der Waals surface area contributed by atoms with Crippen molar-refractivity contribution in [3.05, 3.63) is 93.8 Å². The molecule has 2 N–H and O–H groups in total. The number of amides is 1. The monoisotopic (exact) mass is 610 g/mol. The lowest BCUT2D eigenvalue weighted by molar-refractivity contribution is -0.138. The molecule has 0 saturated heterocycles. The fourth-order valence-electron chi connectivity index (χ4n) is 4.55. The zero-order chi connectivity index (χ0) is 30.3. The summed E-state index contributed by atoms with van der Waals surface area (Å²) in [6, 6.07) is 11.7. The quantitative estimate of drug-likeness (QED) is 0.262. The summed E-state index contributed by atoms with van der Waals surface area (Å²) >= 11 is 6.19. The van der Waals surface area contributed by atoms with E-state index in [0.717, 1.165) is 22.5 Å². The van der Waals surface area contributed by atoms with Gasteiger partial charge in [0, 0.05) is 5.56 Å². The minimum absolute atomic E-state index is 0.176. The number of anilines is 1. The van der Waals surface area contributed by atoms with Crippen LogP contribution in [0.2, 0.25) is 5.02 Å². The normalized spacial score (nSPS) is 16.4. The number of hydrogen-bond acceptors (Lipinski definition) is 4. The Hall–Kier alpha value is -3.41. The van der Waals surface area contributed by atoms with E-state index in [0.29, 0.717) is 22.8 Å². The maximum absolute atomic E-state index is 14.5. The van der Waals surface area contributed by atoms with Gasteiger partial charge in [-0.15, -0.1) is 0 Å². The highest BCUT2D eigenvalue weighted by molar-refractivity contribution is 7.92. The molecule has 1 heterocycles. The summed E-state index contributed by atoms with van der Waals surface area (Å²) in [7, 11) is -4.56. The second-order valence-electron chi connectivity index (χ2n) is 10.3. The van der Waals surface area contributed by atoms with E-state index in [2.05, 4.69) is 5.32 Å². The maximum Gasteiger partial charge on any atom is 0.416 e. The Morgan fingerprint density at radius 2 is 1.78 bits per heavy atom. The zero-order valence-corrected chi connectivity index (χ0v) is 23.8. The first-order valence-electron chi connectivity index (χ1n) is 12.5. The van der Waals surface area contributed by atoms with Crippen LogP contribution in [0.25, 0.3) is 11.6 Å². The van der Waals surface area contributed by atoms with Crippen LogP contribution in [0, 0.1) is 5.82 Å². The highest BCUT2D eigenvalue weighted by atomic mass is 35.5. The number of allylic oxidation sites excluding steroid dienone is 1. The minimum atomic E-state index is -4.77. The Bertz CT molecular complexity index is 1610. The predicted molar refractivity (Wildman–Crippen MR) is 149 cm³/mol. The van der Waals surface area contributed by atoms with Crippen LogP contribution >= 0.6 is 11.6 Å². The van der Waals surface area contributed by atoms with Gasteiger partial charge in [0.15, 0.2) is 0 Å². The number of aliphatic hydroxyl groups is 1. The third-order valence-electron chi connectivity index (χ3n) is 6.61. The number of fused-ring (bicyclic) bond motifs is 1. The molecule has 0 fully saturated rings. The first kappa shape index (κ1) is 30.5. The lowest BCUT2D eigenvalue weighted by Crippen LogP contribution is -2.54. The summed E-state index contributed by atoms with van der Waals surface area (Å²) in [6.07, 6.45) is -2.96. The van der Waals surface area contributed by atoms with Gasteiger partial charge in [0.05, 0.1) is 33.8 Å². The van der Waals surface area contributed by atoms with E-state index in [4.69, 9.17) is 11.6 Å². The zero-order valence-electron chi connectivity index (χ0n) is 22.3. The van der Waals surface area contributed by atoms with Gasteiger partial charge in [0.1, 0.15) is 11.4 Å². The van der Waals surface area contributed by atoms with Gasteiger partial charge in [-0.25, -0.2) is 12.8 Å². The Morgan fingerprint density at radius 3 is 2.41 bits per heavy atom.